The molecule has 1 aromatic rings. The first-order valence-electron chi connectivity index (χ1n) is 3.09. The molecule has 1 aromatic carbocycles. The van der Waals surface area contributed by atoms with Crippen molar-refractivity contribution in [3.05, 3.63) is 22.7 Å². The molecule has 0 aliphatic heterocycles. The molecule has 0 saturated carbocycles. The maximum Gasteiger partial charge on any atom is 0.186 e. The van der Waals surface area contributed by atoms with Crippen molar-refractivity contribution in [1.82, 2.24) is 0 Å². The van der Waals surface area contributed by atoms with Crippen LogP contribution in [0.2, 0.25) is 0 Å². The van der Waals surface area contributed by atoms with Gasteiger partial charge in [0.1, 0.15) is 0 Å². The minimum absolute atomic E-state index is 0.433. The number of halogens is 1. The Labute approximate surface area is 86.2 Å². The topological polar surface area (TPSA) is 37.3 Å². The van der Waals surface area contributed by atoms with Crippen LogP contribution in [-0.4, -0.2) is 15.0 Å². The fraction of sp³-hybridized carbons (Fsp3) is 0.143. The third kappa shape index (κ3) is 2.32. The van der Waals surface area contributed by atoms with E-state index in [1.54, 1.807) is 18.2 Å². The molecule has 0 amide bonds. The summed E-state index contributed by atoms with van der Waals surface area (Å²) in [5.74, 6) is 0. The lowest BCUT2D eigenvalue weighted by molar-refractivity contribution is 0.564. The highest BCUT2D eigenvalue weighted by Gasteiger charge is 2.03. The fourth-order valence-electron chi connectivity index (χ4n) is 0.749. The summed E-state index contributed by atoms with van der Waals surface area (Å²) in [6.45, 7) is 0. The summed E-state index contributed by atoms with van der Waals surface area (Å²) in [5, 5.41) is 0. The minimum atomic E-state index is -1.88. The fourth-order valence-corrected chi connectivity index (χ4v) is 2.47. The normalized spacial score (nSPS) is 12.9. The van der Waals surface area contributed by atoms with E-state index in [0.29, 0.717) is 4.90 Å². The molecule has 1 atom stereocenters. The second-order valence-electron chi connectivity index (χ2n) is 2.05. The number of hydrogen-bond acceptors (Lipinski definition) is 2. The smallest absolute Gasteiger partial charge is 0.186 e. The van der Waals surface area contributed by atoms with Gasteiger partial charge in [-0.15, -0.1) is 11.8 Å². The molecule has 0 aliphatic carbocycles. The molecule has 1 unspecified atom stereocenters. The molecule has 0 radical (unpaired) electrons. The first-order valence-corrected chi connectivity index (χ1v) is 6.22. The van der Waals surface area contributed by atoms with E-state index >= 15 is 0 Å². The van der Waals surface area contributed by atoms with Gasteiger partial charge in [-0.05, 0) is 40.4 Å². The predicted octanol–water partition coefficient (Wildman–Crippen LogP) is 2.75. The summed E-state index contributed by atoms with van der Waals surface area (Å²) in [7, 11) is 0. The largest absolute Gasteiger partial charge is 0.302 e. The molecule has 0 aliphatic rings. The van der Waals surface area contributed by atoms with Crippen molar-refractivity contribution in [3.8, 4) is 0 Å². The molecule has 1 rings (SSSR count). The van der Waals surface area contributed by atoms with Gasteiger partial charge in [0.05, 0.1) is 4.90 Å². The van der Waals surface area contributed by atoms with Gasteiger partial charge >= 0.3 is 0 Å². The van der Waals surface area contributed by atoms with Gasteiger partial charge in [0.15, 0.2) is 11.1 Å². The maximum atomic E-state index is 10.7. The molecular weight excluding hydrogens is 260 g/mol. The van der Waals surface area contributed by atoms with Crippen LogP contribution in [-0.2, 0) is 11.1 Å². The summed E-state index contributed by atoms with van der Waals surface area (Å²) in [6, 6.07) is 5.10. The van der Waals surface area contributed by atoms with Gasteiger partial charge in [0.2, 0.25) is 0 Å². The lowest BCUT2D eigenvalue weighted by Crippen LogP contribution is -1.88. The Hall–Kier alpha value is 0.160. The summed E-state index contributed by atoms with van der Waals surface area (Å²) in [6.07, 6.45) is 1.92. The molecule has 0 heterocycles. The van der Waals surface area contributed by atoms with E-state index in [-0.39, 0.29) is 0 Å². The van der Waals surface area contributed by atoms with Crippen molar-refractivity contribution in [3.63, 3.8) is 0 Å². The Morgan fingerprint density at radius 2 is 2.25 bits per heavy atom. The zero-order valence-electron chi connectivity index (χ0n) is 6.28. The lowest BCUT2D eigenvalue weighted by Gasteiger charge is -2.01. The molecule has 0 saturated heterocycles. The van der Waals surface area contributed by atoms with Crippen LogP contribution in [0.15, 0.2) is 32.5 Å². The van der Waals surface area contributed by atoms with Gasteiger partial charge in [-0.25, -0.2) is 4.21 Å². The highest BCUT2D eigenvalue weighted by molar-refractivity contribution is 9.10. The predicted molar refractivity (Wildman–Crippen MR) is 55.0 cm³/mol. The van der Waals surface area contributed by atoms with Crippen LogP contribution >= 0.6 is 27.7 Å². The van der Waals surface area contributed by atoms with Crippen LogP contribution < -0.4 is 0 Å². The first-order chi connectivity index (χ1) is 5.65. The molecule has 66 valence electrons. The molecule has 0 aromatic heterocycles. The van der Waals surface area contributed by atoms with Crippen LogP contribution in [0.3, 0.4) is 0 Å². The van der Waals surface area contributed by atoms with Crippen molar-refractivity contribution < 1.29 is 8.76 Å². The molecule has 5 heteroatoms. The minimum Gasteiger partial charge on any atom is -0.302 e. The Bertz CT molecular complexity index is 314. The van der Waals surface area contributed by atoms with E-state index in [2.05, 4.69) is 15.9 Å². The quantitative estimate of drug-likeness (QED) is 0.661. The van der Waals surface area contributed by atoms with Crippen molar-refractivity contribution >= 4 is 38.8 Å². The summed E-state index contributed by atoms with van der Waals surface area (Å²) in [5.41, 5.74) is 0. The third-order valence-corrected chi connectivity index (χ3v) is 3.71. The van der Waals surface area contributed by atoms with Gasteiger partial charge in [-0.1, -0.05) is 0 Å². The van der Waals surface area contributed by atoms with Gasteiger partial charge in [0, 0.05) is 9.37 Å². The third-order valence-electron chi connectivity index (χ3n) is 1.32. The number of hydrogen-bond donors (Lipinski definition) is 1. The lowest BCUT2D eigenvalue weighted by atomic mass is 10.4. The molecule has 2 nitrogen and oxygen atoms in total. The zero-order valence-corrected chi connectivity index (χ0v) is 9.50. The van der Waals surface area contributed by atoms with Crippen molar-refractivity contribution in [2.24, 2.45) is 0 Å². The SMILES string of the molecule is CSc1cc(S(=O)O)ccc1Br. The summed E-state index contributed by atoms with van der Waals surface area (Å²) < 4.78 is 20.4. The second kappa shape index (κ2) is 4.41. The molecule has 0 spiro atoms. The van der Waals surface area contributed by atoms with Gasteiger partial charge in [0.25, 0.3) is 0 Å². The van der Waals surface area contributed by atoms with Crippen LogP contribution in [0.5, 0.6) is 0 Å². The summed E-state index contributed by atoms with van der Waals surface area (Å²) in [4.78, 5) is 1.40. The van der Waals surface area contributed by atoms with Crippen LogP contribution in [0.1, 0.15) is 0 Å². The molecule has 12 heavy (non-hydrogen) atoms. The number of rotatable bonds is 2. The Balaban J connectivity index is 3.13. The van der Waals surface area contributed by atoms with Gasteiger partial charge < -0.3 is 4.55 Å². The molecule has 0 fully saturated rings. The molecule has 0 bridgehead atoms. The highest BCUT2D eigenvalue weighted by atomic mass is 79.9. The molecular formula is C7H7BrO2S2. The van der Waals surface area contributed by atoms with Crippen LogP contribution in [0, 0.1) is 0 Å². The van der Waals surface area contributed by atoms with E-state index in [0.717, 1.165) is 9.37 Å². The maximum absolute atomic E-state index is 10.7. The van der Waals surface area contributed by atoms with E-state index < -0.39 is 11.1 Å². The first kappa shape index (κ1) is 10.2. The van der Waals surface area contributed by atoms with Crippen LogP contribution in [0.4, 0.5) is 0 Å². The number of thioether (sulfide) groups is 1. The highest BCUT2D eigenvalue weighted by Crippen LogP contribution is 2.27. The van der Waals surface area contributed by atoms with E-state index in [1.807, 2.05) is 6.26 Å². The van der Waals surface area contributed by atoms with Gasteiger partial charge in [-0.2, -0.15) is 0 Å². The van der Waals surface area contributed by atoms with E-state index in [9.17, 15) is 4.21 Å². The Morgan fingerprint density at radius 3 is 2.75 bits per heavy atom. The van der Waals surface area contributed by atoms with E-state index in [1.165, 1.54) is 11.8 Å². The van der Waals surface area contributed by atoms with E-state index in [4.69, 9.17) is 4.55 Å². The zero-order chi connectivity index (χ0) is 9.14. The average molecular weight is 267 g/mol. The van der Waals surface area contributed by atoms with Crippen LogP contribution in [0.25, 0.3) is 0 Å². The van der Waals surface area contributed by atoms with Crippen molar-refractivity contribution in [2.75, 3.05) is 6.26 Å². The number of benzene rings is 1. The Morgan fingerprint density at radius 1 is 1.58 bits per heavy atom. The second-order valence-corrected chi connectivity index (χ2v) is 4.72. The monoisotopic (exact) mass is 266 g/mol. The molecule has 1 N–H and O–H groups in total. The standard InChI is InChI=1S/C7H7BrO2S2/c1-11-7-4-5(12(9)10)2-3-6(7)8/h2-4H,1H3,(H,9,10). The average Bonchev–Trinajstić information content (AvgIpc) is 2.05. The van der Waals surface area contributed by atoms with Crippen molar-refractivity contribution in [2.45, 2.75) is 9.79 Å². The summed E-state index contributed by atoms with van der Waals surface area (Å²) >= 11 is 2.99. The van der Waals surface area contributed by atoms with Gasteiger partial charge in [-0.3, -0.25) is 0 Å². The Kier molecular flexibility index (Phi) is 3.77. The van der Waals surface area contributed by atoms with Crippen molar-refractivity contribution in [1.29, 1.82) is 0 Å².